The average Bonchev–Trinajstić information content (AvgIpc) is 2.39. The number of ketones is 1. The van der Waals surface area contributed by atoms with E-state index in [2.05, 4.69) is 11.2 Å². The number of rotatable bonds is 4. The maximum absolute atomic E-state index is 13.7. The van der Waals surface area contributed by atoms with Crippen molar-refractivity contribution in [1.82, 2.24) is 5.32 Å². The fourth-order valence-corrected chi connectivity index (χ4v) is 1.68. The van der Waals surface area contributed by atoms with E-state index in [1.807, 2.05) is 0 Å². The minimum atomic E-state index is -1.42. The first-order valence-electron chi connectivity index (χ1n) is 6.67. The van der Waals surface area contributed by atoms with Crippen molar-refractivity contribution in [3.05, 3.63) is 35.1 Å². The summed E-state index contributed by atoms with van der Waals surface area (Å²) in [6.07, 6.45) is 3.91. The highest BCUT2D eigenvalue weighted by atomic mass is 19.2. The normalized spacial score (nSPS) is 12.2. The van der Waals surface area contributed by atoms with Crippen molar-refractivity contribution in [2.45, 2.75) is 38.8 Å². The lowest BCUT2D eigenvalue weighted by Crippen LogP contribution is -2.43. The SMILES string of the molecule is C#CC[C@H](NC(=O)OC(C)(C)C)C(=O)c1cc(F)c(F)cc1F. The van der Waals surface area contributed by atoms with Crippen LogP contribution in [0.1, 0.15) is 37.6 Å². The summed E-state index contributed by atoms with van der Waals surface area (Å²) in [5.74, 6) is -2.89. The Morgan fingerprint density at radius 2 is 1.78 bits per heavy atom. The largest absolute Gasteiger partial charge is 0.444 e. The maximum Gasteiger partial charge on any atom is 0.408 e. The standard InChI is InChI=1S/C16H16F3NO3/c1-5-6-13(20-15(22)23-16(2,3)4)14(21)9-7-11(18)12(19)8-10(9)17/h1,7-8,13H,6H2,2-4H3,(H,20,22)/t13-/m0/s1. The van der Waals surface area contributed by atoms with Gasteiger partial charge in [-0.15, -0.1) is 12.3 Å². The second-order valence-corrected chi connectivity index (χ2v) is 5.72. The summed E-state index contributed by atoms with van der Waals surface area (Å²) in [4.78, 5) is 23.9. The van der Waals surface area contributed by atoms with Crippen molar-refractivity contribution in [1.29, 1.82) is 0 Å². The van der Waals surface area contributed by atoms with Crippen LogP contribution >= 0.6 is 0 Å². The molecular formula is C16H16F3NO3. The molecule has 1 aromatic rings. The van der Waals surface area contributed by atoms with Crippen molar-refractivity contribution in [2.24, 2.45) is 0 Å². The van der Waals surface area contributed by atoms with Gasteiger partial charge in [-0.2, -0.15) is 0 Å². The van der Waals surface area contributed by atoms with Gasteiger partial charge in [-0.1, -0.05) is 0 Å². The van der Waals surface area contributed by atoms with Crippen molar-refractivity contribution in [3.63, 3.8) is 0 Å². The molecule has 0 aromatic heterocycles. The number of halogens is 3. The third-order valence-corrected chi connectivity index (χ3v) is 2.60. The van der Waals surface area contributed by atoms with Gasteiger partial charge in [0.1, 0.15) is 17.5 Å². The summed E-state index contributed by atoms with van der Waals surface area (Å²) in [5, 5.41) is 2.20. The number of amides is 1. The molecule has 0 aliphatic carbocycles. The first-order valence-corrected chi connectivity index (χ1v) is 6.67. The summed E-state index contributed by atoms with van der Waals surface area (Å²) in [6.45, 7) is 4.83. The number of alkyl carbamates (subject to hydrolysis) is 1. The number of carbonyl (C=O) groups excluding carboxylic acids is 2. The third-order valence-electron chi connectivity index (χ3n) is 2.60. The molecule has 0 saturated carbocycles. The van der Waals surface area contributed by atoms with E-state index in [1.54, 1.807) is 20.8 Å². The molecular weight excluding hydrogens is 311 g/mol. The Bertz CT molecular complexity index is 660. The predicted octanol–water partition coefficient (Wildman–Crippen LogP) is 3.20. The van der Waals surface area contributed by atoms with Crippen molar-refractivity contribution in [2.75, 3.05) is 0 Å². The second kappa shape index (κ2) is 7.18. The first-order chi connectivity index (χ1) is 10.5. The van der Waals surface area contributed by atoms with Gasteiger partial charge in [0.2, 0.25) is 0 Å². The van der Waals surface area contributed by atoms with E-state index in [-0.39, 0.29) is 12.5 Å². The molecule has 1 aromatic carbocycles. The summed E-state index contributed by atoms with van der Waals surface area (Å²) in [6, 6.07) is -0.648. The number of carbonyl (C=O) groups is 2. The number of nitrogens with one attached hydrogen (secondary N) is 1. The number of Topliss-reactive ketones (excluding diaryl/α,β-unsaturated/α-hetero) is 1. The van der Waals surface area contributed by atoms with E-state index in [9.17, 15) is 22.8 Å². The summed E-state index contributed by atoms with van der Waals surface area (Å²) >= 11 is 0. The lowest BCUT2D eigenvalue weighted by molar-refractivity contribution is 0.0492. The Morgan fingerprint density at radius 3 is 2.30 bits per heavy atom. The molecule has 0 radical (unpaired) electrons. The van der Waals surface area contributed by atoms with E-state index >= 15 is 0 Å². The first kappa shape index (κ1) is 18.6. The quantitative estimate of drug-likeness (QED) is 0.525. The molecule has 7 heteroatoms. The van der Waals surface area contributed by atoms with Gasteiger partial charge < -0.3 is 10.1 Å². The molecule has 0 aliphatic heterocycles. The van der Waals surface area contributed by atoms with Crippen LogP contribution in [0.25, 0.3) is 0 Å². The summed E-state index contributed by atoms with van der Waals surface area (Å²) in [5.41, 5.74) is -1.53. The Balaban J connectivity index is 3.02. The number of hydrogen-bond acceptors (Lipinski definition) is 3. The molecule has 0 saturated heterocycles. The van der Waals surface area contributed by atoms with Crippen LogP contribution in [0.2, 0.25) is 0 Å². The molecule has 0 aliphatic rings. The van der Waals surface area contributed by atoms with E-state index in [1.165, 1.54) is 0 Å². The molecule has 1 N–H and O–H groups in total. The lowest BCUT2D eigenvalue weighted by Gasteiger charge is -2.22. The molecule has 4 nitrogen and oxygen atoms in total. The highest BCUT2D eigenvalue weighted by Crippen LogP contribution is 2.17. The Morgan fingerprint density at radius 1 is 1.22 bits per heavy atom. The van der Waals surface area contributed by atoms with Gasteiger partial charge >= 0.3 is 6.09 Å². The van der Waals surface area contributed by atoms with Crippen LogP contribution in [0.5, 0.6) is 0 Å². The zero-order valence-electron chi connectivity index (χ0n) is 12.9. The number of benzene rings is 1. The number of terminal acetylenes is 1. The molecule has 0 fully saturated rings. The molecule has 1 atom stereocenters. The predicted molar refractivity (Wildman–Crippen MR) is 77.3 cm³/mol. The van der Waals surface area contributed by atoms with Gasteiger partial charge in [0.05, 0.1) is 5.56 Å². The average molecular weight is 327 g/mol. The Labute approximate surface area is 132 Å². The number of ether oxygens (including phenoxy) is 1. The fraction of sp³-hybridized carbons (Fsp3) is 0.375. The van der Waals surface area contributed by atoms with E-state index in [0.717, 1.165) is 0 Å². The molecule has 23 heavy (non-hydrogen) atoms. The smallest absolute Gasteiger partial charge is 0.408 e. The van der Waals surface area contributed by atoms with Crippen LogP contribution in [-0.2, 0) is 4.74 Å². The van der Waals surface area contributed by atoms with Crippen LogP contribution in [0.4, 0.5) is 18.0 Å². The topological polar surface area (TPSA) is 55.4 Å². The molecule has 124 valence electrons. The zero-order chi connectivity index (χ0) is 17.8. The zero-order valence-corrected chi connectivity index (χ0v) is 12.9. The molecule has 0 bridgehead atoms. The van der Waals surface area contributed by atoms with Crippen LogP contribution < -0.4 is 5.32 Å². The third kappa shape index (κ3) is 5.33. The van der Waals surface area contributed by atoms with Crippen LogP contribution in [0.15, 0.2) is 12.1 Å². The lowest BCUT2D eigenvalue weighted by atomic mass is 10.0. The number of hydrogen-bond donors (Lipinski definition) is 1. The summed E-state index contributed by atoms with van der Waals surface area (Å²) in [7, 11) is 0. The van der Waals surface area contributed by atoms with Gasteiger partial charge in [-0.25, -0.2) is 18.0 Å². The van der Waals surface area contributed by atoms with E-state index in [0.29, 0.717) is 6.07 Å². The molecule has 0 heterocycles. The monoisotopic (exact) mass is 327 g/mol. The molecule has 0 spiro atoms. The highest BCUT2D eigenvalue weighted by molar-refractivity contribution is 6.01. The summed E-state index contributed by atoms with van der Waals surface area (Å²) < 4.78 is 44.8. The van der Waals surface area contributed by atoms with Gasteiger partial charge in [-0.3, -0.25) is 4.79 Å². The van der Waals surface area contributed by atoms with Gasteiger partial charge in [0, 0.05) is 12.5 Å². The van der Waals surface area contributed by atoms with Crippen molar-refractivity contribution < 1.29 is 27.5 Å². The van der Waals surface area contributed by atoms with Crippen LogP contribution in [-0.4, -0.2) is 23.5 Å². The Kier molecular flexibility index (Phi) is 5.79. The maximum atomic E-state index is 13.7. The minimum absolute atomic E-state index is 0.253. The van der Waals surface area contributed by atoms with Crippen LogP contribution in [0, 0.1) is 29.8 Å². The van der Waals surface area contributed by atoms with Gasteiger partial charge in [0.15, 0.2) is 17.4 Å². The van der Waals surface area contributed by atoms with Crippen molar-refractivity contribution >= 4 is 11.9 Å². The Hall–Kier alpha value is -2.49. The molecule has 1 amide bonds. The minimum Gasteiger partial charge on any atom is -0.444 e. The van der Waals surface area contributed by atoms with Gasteiger partial charge in [-0.05, 0) is 26.8 Å². The van der Waals surface area contributed by atoms with E-state index in [4.69, 9.17) is 11.2 Å². The van der Waals surface area contributed by atoms with Crippen molar-refractivity contribution in [3.8, 4) is 12.3 Å². The highest BCUT2D eigenvalue weighted by Gasteiger charge is 2.27. The molecule has 0 unspecified atom stereocenters. The van der Waals surface area contributed by atoms with Crippen LogP contribution in [0.3, 0.4) is 0 Å². The van der Waals surface area contributed by atoms with Gasteiger partial charge in [0.25, 0.3) is 0 Å². The molecule has 1 rings (SSSR count). The second-order valence-electron chi connectivity index (χ2n) is 5.72. The van der Waals surface area contributed by atoms with E-state index < -0.39 is 46.5 Å². The fourth-order valence-electron chi connectivity index (χ4n) is 1.68.